The van der Waals surface area contributed by atoms with Crippen LogP contribution in [0.4, 0.5) is 5.69 Å². The van der Waals surface area contributed by atoms with Crippen molar-refractivity contribution < 1.29 is 9.53 Å². The zero-order chi connectivity index (χ0) is 14.5. The van der Waals surface area contributed by atoms with Gasteiger partial charge < -0.3 is 15.4 Å². The Morgan fingerprint density at radius 3 is 2.52 bits per heavy atom. The Morgan fingerprint density at radius 2 is 1.95 bits per heavy atom. The number of carbonyl (C=O) groups excluding carboxylic acids is 1. The van der Waals surface area contributed by atoms with E-state index < -0.39 is 0 Å². The molecule has 0 saturated carbocycles. The van der Waals surface area contributed by atoms with Gasteiger partial charge in [0.25, 0.3) is 0 Å². The highest BCUT2D eigenvalue weighted by Gasteiger charge is 2.15. The van der Waals surface area contributed by atoms with Crippen molar-refractivity contribution >= 4 is 24.0 Å². The molecule has 1 aliphatic heterocycles. The molecule has 0 aromatic heterocycles. The van der Waals surface area contributed by atoms with E-state index in [1.54, 1.807) is 0 Å². The molecular formula is C16H25ClN2O2. The van der Waals surface area contributed by atoms with Crippen LogP contribution in [0.15, 0.2) is 12.1 Å². The number of aryl methyl sites for hydroxylation is 3. The van der Waals surface area contributed by atoms with E-state index in [0.717, 1.165) is 42.8 Å². The van der Waals surface area contributed by atoms with Crippen LogP contribution in [-0.2, 0) is 9.53 Å². The molecule has 0 spiro atoms. The Labute approximate surface area is 133 Å². The molecule has 118 valence electrons. The number of halogens is 1. The van der Waals surface area contributed by atoms with Gasteiger partial charge in [-0.3, -0.25) is 4.79 Å². The third kappa shape index (κ3) is 5.30. The molecule has 1 unspecified atom stereocenters. The second-order valence-corrected chi connectivity index (χ2v) is 5.59. The largest absolute Gasteiger partial charge is 0.377 e. The molecule has 1 heterocycles. The van der Waals surface area contributed by atoms with E-state index >= 15 is 0 Å². The number of hydrogen-bond donors (Lipinski definition) is 2. The molecule has 2 N–H and O–H groups in total. The molecule has 4 nitrogen and oxygen atoms in total. The number of anilines is 1. The molecule has 1 atom stereocenters. The standard InChI is InChI=1S/C16H24N2O2.ClH/c1-11-7-12(2)16(13(3)8-11)18-15(19)10-17-9-14-5-4-6-20-14;/h7-8,14,17H,4-6,9-10H2,1-3H3,(H,18,19);1H. The van der Waals surface area contributed by atoms with Gasteiger partial charge in [-0.2, -0.15) is 0 Å². The smallest absolute Gasteiger partial charge is 0.238 e. The maximum atomic E-state index is 12.0. The first-order valence-corrected chi connectivity index (χ1v) is 7.26. The highest BCUT2D eigenvalue weighted by atomic mass is 35.5. The van der Waals surface area contributed by atoms with Crippen LogP contribution < -0.4 is 10.6 Å². The minimum absolute atomic E-state index is 0. The summed E-state index contributed by atoms with van der Waals surface area (Å²) in [7, 11) is 0. The lowest BCUT2D eigenvalue weighted by molar-refractivity contribution is -0.115. The summed E-state index contributed by atoms with van der Waals surface area (Å²) in [5.41, 5.74) is 4.36. The Hall–Kier alpha value is -1.10. The molecule has 1 aromatic rings. The summed E-state index contributed by atoms with van der Waals surface area (Å²) in [6.45, 7) is 8.03. The van der Waals surface area contributed by atoms with E-state index in [4.69, 9.17) is 4.74 Å². The van der Waals surface area contributed by atoms with Crippen LogP contribution >= 0.6 is 12.4 Å². The fourth-order valence-electron chi connectivity index (χ4n) is 2.71. The molecule has 1 amide bonds. The summed E-state index contributed by atoms with van der Waals surface area (Å²) in [6, 6.07) is 4.17. The Morgan fingerprint density at radius 1 is 1.29 bits per heavy atom. The molecule has 1 saturated heterocycles. The second kappa shape index (κ2) is 8.37. The van der Waals surface area contributed by atoms with E-state index in [0.29, 0.717) is 6.54 Å². The molecule has 2 rings (SSSR count). The first kappa shape index (κ1) is 18.0. The fourth-order valence-corrected chi connectivity index (χ4v) is 2.71. The quantitative estimate of drug-likeness (QED) is 0.879. The van der Waals surface area contributed by atoms with Crippen LogP contribution in [0.3, 0.4) is 0 Å². The van der Waals surface area contributed by atoms with Gasteiger partial charge in [-0.15, -0.1) is 12.4 Å². The summed E-state index contributed by atoms with van der Waals surface area (Å²) in [5.74, 6) is -0.00181. The number of hydrogen-bond acceptors (Lipinski definition) is 3. The number of ether oxygens (including phenoxy) is 1. The average Bonchev–Trinajstić information content (AvgIpc) is 2.87. The topological polar surface area (TPSA) is 50.4 Å². The summed E-state index contributed by atoms with van der Waals surface area (Å²) in [6.07, 6.45) is 2.48. The van der Waals surface area contributed by atoms with Crippen molar-refractivity contribution in [2.45, 2.75) is 39.7 Å². The third-order valence-corrected chi connectivity index (χ3v) is 3.62. The maximum Gasteiger partial charge on any atom is 0.238 e. The summed E-state index contributed by atoms with van der Waals surface area (Å²) in [4.78, 5) is 12.0. The molecule has 0 aliphatic carbocycles. The van der Waals surface area contributed by atoms with Gasteiger partial charge in [-0.25, -0.2) is 0 Å². The minimum Gasteiger partial charge on any atom is -0.377 e. The Bertz CT molecular complexity index is 462. The first-order chi connectivity index (χ1) is 9.56. The highest BCUT2D eigenvalue weighted by molar-refractivity contribution is 5.93. The molecule has 5 heteroatoms. The molecule has 0 radical (unpaired) electrons. The average molecular weight is 313 g/mol. The molecule has 1 fully saturated rings. The molecule has 21 heavy (non-hydrogen) atoms. The van der Waals surface area contributed by atoms with Crippen molar-refractivity contribution in [3.63, 3.8) is 0 Å². The van der Waals surface area contributed by atoms with Crippen LogP contribution in [0.25, 0.3) is 0 Å². The highest BCUT2D eigenvalue weighted by Crippen LogP contribution is 2.21. The normalized spacial score (nSPS) is 17.4. The minimum atomic E-state index is -0.00181. The Kier molecular flexibility index (Phi) is 7.15. The van der Waals surface area contributed by atoms with Gasteiger partial charge in [0.2, 0.25) is 5.91 Å². The van der Waals surface area contributed by atoms with Crippen LogP contribution in [-0.4, -0.2) is 31.7 Å². The van der Waals surface area contributed by atoms with Crippen LogP contribution in [0.2, 0.25) is 0 Å². The summed E-state index contributed by atoms with van der Waals surface area (Å²) >= 11 is 0. The van der Waals surface area contributed by atoms with E-state index in [1.165, 1.54) is 5.56 Å². The lowest BCUT2D eigenvalue weighted by atomic mass is 10.1. The van der Waals surface area contributed by atoms with E-state index in [2.05, 4.69) is 29.7 Å². The van der Waals surface area contributed by atoms with Gasteiger partial charge in [0, 0.05) is 18.8 Å². The molecular weight excluding hydrogens is 288 g/mol. The predicted molar refractivity (Wildman–Crippen MR) is 88.4 cm³/mol. The zero-order valence-electron chi connectivity index (χ0n) is 13.0. The van der Waals surface area contributed by atoms with Gasteiger partial charge >= 0.3 is 0 Å². The Balaban J connectivity index is 0.00000220. The van der Waals surface area contributed by atoms with Crippen molar-refractivity contribution in [3.8, 4) is 0 Å². The van der Waals surface area contributed by atoms with Gasteiger partial charge in [-0.1, -0.05) is 17.7 Å². The van der Waals surface area contributed by atoms with Crippen LogP contribution in [0.5, 0.6) is 0 Å². The molecule has 1 aromatic carbocycles. The number of rotatable bonds is 5. The summed E-state index contributed by atoms with van der Waals surface area (Å²) < 4.78 is 5.51. The number of amides is 1. The third-order valence-electron chi connectivity index (χ3n) is 3.62. The zero-order valence-corrected chi connectivity index (χ0v) is 13.8. The van der Waals surface area contributed by atoms with Crippen molar-refractivity contribution in [3.05, 3.63) is 28.8 Å². The number of nitrogens with one attached hydrogen (secondary N) is 2. The molecule has 1 aliphatic rings. The maximum absolute atomic E-state index is 12.0. The van der Waals surface area contributed by atoms with E-state index in [1.807, 2.05) is 13.8 Å². The van der Waals surface area contributed by atoms with E-state index in [-0.39, 0.29) is 24.4 Å². The monoisotopic (exact) mass is 312 g/mol. The van der Waals surface area contributed by atoms with Crippen molar-refractivity contribution in [2.75, 3.05) is 25.0 Å². The SMILES string of the molecule is Cc1cc(C)c(NC(=O)CNCC2CCCO2)c(C)c1.Cl. The fraction of sp³-hybridized carbons (Fsp3) is 0.562. The number of benzene rings is 1. The van der Waals surface area contributed by atoms with Gasteiger partial charge in [0.1, 0.15) is 0 Å². The van der Waals surface area contributed by atoms with Crippen molar-refractivity contribution in [1.82, 2.24) is 5.32 Å². The second-order valence-electron chi connectivity index (χ2n) is 5.59. The lowest BCUT2D eigenvalue weighted by Crippen LogP contribution is -2.33. The van der Waals surface area contributed by atoms with Gasteiger partial charge in [-0.05, 0) is 44.7 Å². The molecule has 0 bridgehead atoms. The first-order valence-electron chi connectivity index (χ1n) is 7.26. The van der Waals surface area contributed by atoms with Gasteiger partial charge in [0.15, 0.2) is 0 Å². The predicted octanol–water partition coefficient (Wildman–Crippen LogP) is 2.74. The van der Waals surface area contributed by atoms with Gasteiger partial charge in [0.05, 0.1) is 12.6 Å². The number of carbonyl (C=O) groups is 1. The van der Waals surface area contributed by atoms with Crippen molar-refractivity contribution in [1.29, 1.82) is 0 Å². The van der Waals surface area contributed by atoms with Crippen molar-refractivity contribution in [2.24, 2.45) is 0 Å². The van der Waals surface area contributed by atoms with Crippen LogP contribution in [0, 0.1) is 20.8 Å². The van der Waals surface area contributed by atoms with E-state index in [9.17, 15) is 4.79 Å². The lowest BCUT2D eigenvalue weighted by Gasteiger charge is -2.14. The van der Waals surface area contributed by atoms with Crippen LogP contribution in [0.1, 0.15) is 29.5 Å². The summed E-state index contributed by atoms with van der Waals surface area (Å²) in [5, 5.41) is 6.15.